The number of aryl methyl sites for hydroxylation is 2. The van der Waals surface area contributed by atoms with Crippen LogP contribution in [0.1, 0.15) is 16.1 Å². The number of benzene rings is 1. The van der Waals surface area contributed by atoms with Crippen molar-refractivity contribution in [3.63, 3.8) is 0 Å². The van der Waals surface area contributed by atoms with Gasteiger partial charge in [-0.15, -0.1) is 0 Å². The van der Waals surface area contributed by atoms with Gasteiger partial charge in [0.15, 0.2) is 6.61 Å². The molecule has 0 saturated heterocycles. The van der Waals surface area contributed by atoms with Gasteiger partial charge in [-0.2, -0.15) is 18.3 Å². The van der Waals surface area contributed by atoms with Gasteiger partial charge in [0.25, 0.3) is 5.91 Å². The van der Waals surface area contributed by atoms with Gasteiger partial charge in [-0.1, -0.05) is 28.1 Å². The number of ether oxygens (including phenoxy) is 1. The summed E-state index contributed by atoms with van der Waals surface area (Å²) < 4.78 is 43.6. The highest BCUT2D eigenvalue weighted by molar-refractivity contribution is 9.10. The van der Waals surface area contributed by atoms with Crippen molar-refractivity contribution >= 4 is 27.7 Å². The zero-order chi connectivity index (χ0) is 21.2. The van der Waals surface area contributed by atoms with Crippen molar-refractivity contribution in [3.8, 4) is 17.0 Å². The Kier molecular flexibility index (Phi) is 5.92. The number of rotatable bonds is 5. The predicted octanol–water partition coefficient (Wildman–Crippen LogP) is 4.75. The van der Waals surface area contributed by atoms with E-state index in [-0.39, 0.29) is 11.4 Å². The normalized spacial score (nSPS) is 11.4. The van der Waals surface area contributed by atoms with Crippen molar-refractivity contribution in [1.29, 1.82) is 0 Å². The van der Waals surface area contributed by atoms with Crippen LogP contribution in [0.2, 0.25) is 0 Å². The lowest BCUT2D eigenvalue weighted by Crippen LogP contribution is -2.20. The van der Waals surface area contributed by atoms with Gasteiger partial charge in [-0.25, -0.2) is 4.98 Å². The highest BCUT2D eigenvalue weighted by Gasteiger charge is 2.28. The summed E-state index contributed by atoms with van der Waals surface area (Å²) in [5.74, 6) is -0.195. The molecule has 1 aromatic carbocycles. The van der Waals surface area contributed by atoms with Gasteiger partial charge in [0.05, 0.1) is 11.3 Å². The fourth-order valence-electron chi connectivity index (χ4n) is 2.70. The Labute approximate surface area is 172 Å². The van der Waals surface area contributed by atoms with E-state index in [1.165, 1.54) is 12.1 Å². The molecular formula is C19H16BrF3N4O2. The average molecular weight is 469 g/mol. The quantitative estimate of drug-likeness (QED) is 0.586. The third-order valence-corrected chi connectivity index (χ3v) is 4.50. The first kappa shape index (κ1) is 20.8. The molecule has 1 N–H and O–H groups in total. The summed E-state index contributed by atoms with van der Waals surface area (Å²) in [5.41, 5.74) is 2.55. The van der Waals surface area contributed by atoms with E-state index in [1.54, 1.807) is 11.7 Å². The number of amides is 1. The van der Waals surface area contributed by atoms with Crippen LogP contribution in [0.5, 0.6) is 5.88 Å². The molecule has 1 amide bonds. The molecule has 3 aromatic rings. The molecule has 0 aliphatic rings. The molecular weight excluding hydrogens is 453 g/mol. The second-order valence-corrected chi connectivity index (χ2v) is 7.10. The minimum atomic E-state index is -4.46. The van der Waals surface area contributed by atoms with Crippen molar-refractivity contribution in [2.24, 2.45) is 7.05 Å². The Bertz CT molecular complexity index is 1020. The fraction of sp³-hybridized carbons (Fsp3) is 0.211. The van der Waals surface area contributed by atoms with Crippen LogP contribution in [-0.2, 0) is 7.05 Å². The second-order valence-electron chi connectivity index (χ2n) is 6.18. The maximum atomic E-state index is 12.6. The lowest BCUT2D eigenvalue weighted by atomic mass is 10.1. The van der Waals surface area contributed by atoms with Gasteiger partial charge < -0.3 is 10.1 Å². The van der Waals surface area contributed by atoms with Gasteiger partial charge in [0, 0.05) is 29.3 Å². The lowest BCUT2D eigenvalue weighted by Gasteiger charge is -2.10. The topological polar surface area (TPSA) is 69.0 Å². The number of alkyl halides is 3. The lowest BCUT2D eigenvalue weighted by molar-refractivity contribution is -0.154. The number of nitrogens with zero attached hydrogens (tertiary/aromatic N) is 3. The van der Waals surface area contributed by atoms with E-state index in [1.807, 2.05) is 31.2 Å². The zero-order valence-corrected chi connectivity index (χ0v) is 17.0. The average Bonchev–Trinajstić information content (AvgIpc) is 2.94. The molecule has 0 spiro atoms. The van der Waals surface area contributed by atoms with Crippen LogP contribution in [0.25, 0.3) is 11.1 Å². The van der Waals surface area contributed by atoms with Gasteiger partial charge in [0.1, 0.15) is 5.82 Å². The standard InChI is InChI=1S/C19H16BrF3N4O2/c1-11-16(12-3-6-14(20)7-4-12)17(27(2)26-11)25-18(28)13-5-8-15(24-9-13)29-10-19(21,22)23/h3-9H,10H2,1-2H3,(H,25,28). The molecule has 0 saturated carbocycles. The number of aromatic nitrogens is 3. The van der Waals surface area contributed by atoms with Crippen LogP contribution < -0.4 is 10.1 Å². The molecule has 0 unspecified atom stereocenters. The largest absolute Gasteiger partial charge is 0.468 e. The van der Waals surface area contributed by atoms with Crippen LogP contribution >= 0.6 is 15.9 Å². The SMILES string of the molecule is Cc1nn(C)c(NC(=O)c2ccc(OCC(F)(F)F)nc2)c1-c1ccc(Br)cc1. The van der Waals surface area contributed by atoms with Crippen molar-refractivity contribution in [2.75, 3.05) is 11.9 Å². The van der Waals surface area contributed by atoms with E-state index in [0.717, 1.165) is 27.5 Å². The van der Waals surface area contributed by atoms with E-state index < -0.39 is 18.7 Å². The summed E-state index contributed by atoms with van der Waals surface area (Å²) in [6, 6.07) is 10.1. The highest BCUT2D eigenvalue weighted by atomic mass is 79.9. The Morgan fingerprint density at radius 3 is 2.48 bits per heavy atom. The van der Waals surface area contributed by atoms with Crippen molar-refractivity contribution < 1.29 is 22.7 Å². The Morgan fingerprint density at radius 1 is 1.21 bits per heavy atom. The summed E-state index contributed by atoms with van der Waals surface area (Å²) in [6.07, 6.45) is -3.30. The molecule has 0 bridgehead atoms. The third kappa shape index (κ3) is 5.14. The highest BCUT2D eigenvalue weighted by Crippen LogP contribution is 2.32. The van der Waals surface area contributed by atoms with Crippen LogP contribution in [0.15, 0.2) is 47.1 Å². The second kappa shape index (κ2) is 8.24. The number of hydrogen-bond acceptors (Lipinski definition) is 4. The van der Waals surface area contributed by atoms with Gasteiger partial charge in [-0.05, 0) is 30.7 Å². The summed E-state index contributed by atoms with van der Waals surface area (Å²) >= 11 is 3.39. The Balaban J connectivity index is 1.80. The van der Waals surface area contributed by atoms with E-state index in [0.29, 0.717) is 5.82 Å². The first-order valence-electron chi connectivity index (χ1n) is 8.40. The predicted molar refractivity (Wildman–Crippen MR) is 105 cm³/mol. The van der Waals surface area contributed by atoms with E-state index in [9.17, 15) is 18.0 Å². The summed E-state index contributed by atoms with van der Waals surface area (Å²) in [6.45, 7) is 0.387. The molecule has 10 heteroatoms. The monoisotopic (exact) mass is 468 g/mol. The molecule has 2 heterocycles. The number of halogens is 4. The Morgan fingerprint density at radius 2 is 1.90 bits per heavy atom. The zero-order valence-electron chi connectivity index (χ0n) is 15.4. The molecule has 152 valence electrons. The molecule has 29 heavy (non-hydrogen) atoms. The molecule has 6 nitrogen and oxygen atoms in total. The number of pyridine rings is 1. The van der Waals surface area contributed by atoms with Crippen molar-refractivity contribution in [3.05, 3.63) is 58.3 Å². The molecule has 3 rings (SSSR count). The smallest absolute Gasteiger partial charge is 0.422 e. The molecule has 0 fully saturated rings. The molecule has 2 aromatic heterocycles. The van der Waals surface area contributed by atoms with Gasteiger partial charge in [0.2, 0.25) is 5.88 Å². The third-order valence-electron chi connectivity index (χ3n) is 3.97. The number of carbonyl (C=O) groups excluding carboxylic acids is 1. The van der Waals surface area contributed by atoms with E-state index >= 15 is 0 Å². The van der Waals surface area contributed by atoms with E-state index in [4.69, 9.17) is 0 Å². The van der Waals surface area contributed by atoms with Crippen LogP contribution in [0.3, 0.4) is 0 Å². The summed E-state index contributed by atoms with van der Waals surface area (Å²) in [5, 5.41) is 7.16. The van der Waals surface area contributed by atoms with E-state index in [2.05, 4.69) is 36.1 Å². The molecule has 0 aliphatic carbocycles. The number of carbonyl (C=O) groups is 1. The summed E-state index contributed by atoms with van der Waals surface area (Å²) in [4.78, 5) is 16.4. The summed E-state index contributed by atoms with van der Waals surface area (Å²) in [7, 11) is 1.71. The van der Waals surface area contributed by atoms with Crippen molar-refractivity contribution in [2.45, 2.75) is 13.1 Å². The Hall–Kier alpha value is -2.88. The maximum absolute atomic E-state index is 12.6. The first-order chi connectivity index (χ1) is 13.6. The van der Waals surface area contributed by atoms with Crippen LogP contribution in [0.4, 0.5) is 19.0 Å². The maximum Gasteiger partial charge on any atom is 0.422 e. The minimum absolute atomic E-state index is 0.171. The minimum Gasteiger partial charge on any atom is -0.468 e. The van der Waals surface area contributed by atoms with Gasteiger partial charge in [-0.3, -0.25) is 9.48 Å². The van der Waals surface area contributed by atoms with Crippen LogP contribution in [0, 0.1) is 6.92 Å². The molecule has 0 aliphatic heterocycles. The first-order valence-corrected chi connectivity index (χ1v) is 9.20. The fourth-order valence-corrected chi connectivity index (χ4v) is 2.96. The number of nitrogens with one attached hydrogen (secondary N) is 1. The number of hydrogen-bond donors (Lipinski definition) is 1. The van der Waals surface area contributed by atoms with Crippen molar-refractivity contribution in [1.82, 2.24) is 14.8 Å². The number of anilines is 1. The molecule has 0 radical (unpaired) electrons. The van der Waals surface area contributed by atoms with Gasteiger partial charge >= 0.3 is 6.18 Å². The van der Waals surface area contributed by atoms with Crippen LogP contribution in [-0.4, -0.2) is 33.5 Å². The molecule has 0 atom stereocenters.